The fraction of sp³-hybridized carbons (Fsp3) is 0.455. The van der Waals surface area contributed by atoms with Gasteiger partial charge in [-0.3, -0.25) is 0 Å². The van der Waals surface area contributed by atoms with Crippen LogP contribution < -0.4 is 15.2 Å². The summed E-state index contributed by atoms with van der Waals surface area (Å²) in [6.07, 6.45) is 0.343. The molecule has 0 aliphatic carbocycles. The second-order valence-electron chi connectivity index (χ2n) is 3.94. The van der Waals surface area contributed by atoms with E-state index in [-0.39, 0.29) is 23.2 Å². The average Bonchev–Trinajstić information content (AvgIpc) is 2.27. The molecule has 0 spiro atoms. The number of nitrogens with two attached hydrogens (primary N) is 1. The molecule has 4 N–H and O–H groups in total. The second kappa shape index (κ2) is 6.03. The summed E-state index contributed by atoms with van der Waals surface area (Å²) in [4.78, 5) is 0.00749. The fourth-order valence-corrected chi connectivity index (χ4v) is 2.87. The lowest BCUT2D eigenvalue weighted by molar-refractivity contribution is 0.275. The molecule has 0 fully saturated rings. The van der Waals surface area contributed by atoms with Crippen molar-refractivity contribution in [3.8, 4) is 5.75 Å². The number of nitrogens with one attached hydrogen (secondary N) is 1. The predicted molar refractivity (Wildman–Crippen MR) is 68.9 cm³/mol. The average molecular weight is 274 g/mol. The Labute approximate surface area is 107 Å². The van der Waals surface area contributed by atoms with Crippen LogP contribution in [0.5, 0.6) is 5.75 Å². The van der Waals surface area contributed by atoms with Crippen molar-refractivity contribution >= 4 is 15.7 Å². The van der Waals surface area contributed by atoms with Gasteiger partial charge in [-0.2, -0.15) is 0 Å². The first-order valence-electron chi connectivity index (χ1n) is 5.47. The van der Waals surface area contributed by atoms with Gasteiger partial charge in [-0.05, 0) is 25.5 Å². The molecule has 0 aliphatic rings. The Morgan fingerprint density at radius 2 is 2.17 bits per heavy atom. The largest absolute Gasteiger partial charge is 0.497 e. The Morgan fingerprint density at radius 3 is 2.67 bits per heavy atom. The Bertz CT molecular complexity index is 502. The monoisotopic (exact) mass is 274 g/mol. The van der Waals surface area contributed by atoms with Crippen LogP contribution in [-0.4, -0.2) is 33.3 Å². The topological polar surface area (TPSA) is 102 Å². The number of sulfonamides is 1. The SMILES string of the molecule is COc1ccc(S(=O)(=O)NC(C)CCO)c(N)c1. The summed E-state index contributed by atoms with van der Waals surface area (Å²) in [5.74, 6) is 0.495. The number of aliphatic hydroxyl groups excluding tert-OH is 1. The van der Waals surface area contributed by atoms with E-state index in [2.05, 4.69) is 4.72 Å². The van der Waals surface area contributed by atoms with Gasteiger partial charge in [0.05, 0.1) is 12.8 Å². The van der Waals surface area contributed by atoms with E-state index in [1.807, 2.05) is 0 Å². The van der Waals surface area contributed by atoms with E-state index in [9.17, 15) is 8.42 Å². The minimum atomic E-state index is -3.68. The number of hydrogen-bond acceptors (Lipinski definition) is 5. The van der Waals surface area contributed by atoms with Gasteiger partial charge in [0.2, 0.25) is 10.0 Å². The second-order valence-corrected chi connectivity index (χ2v) is 5.62. The summed E-state index contributed by atoms with van der Waals surface area (Å²) < 4.78 is 31.4. The highest BCUT2D eigenvalue weighted by Gasteiger charge is 2.20. The number of nitrogen functional groups attached to an aromatic ring is 1. The smallest absolute Gasteiger partial charge is 0.242 e. The minimum Gasteiger partial charge on any atom is -0.497 e. The molecule has 1 unspecified atom stereocenters. The number of anilines is 1. The molecule has 0 saturated heterocycles. The molecule has 0 aromatic heterocycles. The lowest BCUT2D eigenvalue weighted by Crippen LogP contribution is -2.33. The zero-order chi connectivity index (χ0) is 13.8. The highest BCUT2D eigenvalue weighted by Crippen LogP contribution is 2.23. The van der Waals surface area contributed by atoms with Gasteiger partial charge in [0.25, 0.3) is 0 Å². The first-order chi connectivity index (χ1) is 8.40. The normalized spacial score (nSPS) is 13.3. The van der Waals surface area contributed by atoms with E-state index >= 15 is 0 Å². The summed E-state index contributed by atoms with van der Waals surface area (Å²) in [5, 5.41) is 8.75. The van der Waals surface area contributed by atoms with Crippen LogP contribution in [0, 0.1) is 0 Å². The van der Waals surface area contributed by atoms with E-state index in [1.165, 1.54) is 25.3 Å². The number of methoxy groups -OCH3 is 1. The highest BCUT2D eigenvalue weighted by atomic mass is 32.2. The number of rotatable bonds is 6. The van der Waals surface area contributed by atoms with Crippen molar-refractivity contribution in [2.75, 3.05) is 19.5 Å². The molecule has 1 aromatic rings. The summed E-state index contributed by atoms with van der Waals surface area (Å²) in [7, 11) is -2.20. The molecule has 6 nitrogen and oxygen atoms in total. The Morgan fingerprint density at radius 1 is 1.50 bits per heavy atom. The molecule has 7 heteroatoms. The molecule has 0 amide bonds. The van der Waals surface area contributed by atoms with E-state index < -0.39 is 10.0 Å². The number of hydrogen-bond donors (Lipinski definition) is 3. The van der Waals surface area contributed by atoms with Gasteiger partial charge in [-0.15, -0.1) is 0 Å². The molecule has 0 heterocycles. The summed E-state index contributed by atoms with van der Waals surface area (Å²) in [6, 6.07) is 4.01. The zero-order valence-corrected chi connectivity index (χ0v) is 11.2. The van der Waals surface area contributed by atoms with Crippen molar-refractivity contribution < 1.29 is 18.3 Å². The highest BCUT2D eigenvalue weighted by molar-refractivity contribution is 7.89. The Kier molecular flexibility index (Phi) is 4.94. The van der Waals surface area contributed by atoms with Crippen molar-refractivity contribution in [3.05, 3.63) is 18.2 Å². The van der Waals surface area contributed by atoms with Crippen molar-refractivity contribution in [3.63, 3.8) is 0 Å². The van der Waals surface area contributed by atoms with Crippen LogP contribution >= 0.6 is 0 Å². The van der Waals surface area contributed by atoms with Gasteiger partial charge < -0.3 is 15.6 Å². The third kappa shape index (κ3) is 3.59. The minimum absolute atomic E-state index is 0.00749. The van der Waals surface area contributed by atoms with Crippen LogP contribution in [0.1, 0.15) is 13.3 Å². The lowest BCUT2D eigenvalue weighted by atomic mass is 10.3. The molecular formula is C11H18N2O4S. The van der Waals surface area contributed by atoms with Crippen molar-refractivity contribution in [2.24, 2.45) is 0 Å². The van der Waals surface area contributed by atoms with E-state index in [0.29, 0.717) is 12.2 Å². The fourth-order valence-electron chi connectivity index (χ4n) is 1.48. The molecular weight excluding hydrogens is 256 g/mol. The maximum absolute atomic E-state index is 12.0. The van der Waals surface area contributed by atoms with Crippen LogP contribution in [0.15, 0.2) is 23.1 Å². The number of aliphatic hydroxyl groups is 1. The summed E-state index contributed by atoms with van der Waals surface area (Å²) in [6.45, 7) is 1.59. The molecule has 1 atom stereocenters. The first kappa shape index (κ1) is 14.7. The molecule has 102 valence electrons. The van der Waals surface area contributed by atoms with Crippen LogP contribution in [0.25, 0.3) is 0 Å². The van der Waals surface area contributed by atoms with Gasteiger partial charge in [-0.25, -0.2) is 13.1 Å². The Hall–Kier alpha value is -1.31. The van der Waals surface area contributed by atoms with Gasteiger partial charge in [0.1, 0.15) is 10.6 Å². The predicted octanol–water partition coefficient (Wildman–Crippen LogP) is 0.327. The van der Waals surface area contributed by atoms with Gasteiger partial charge in [0.15, 0.2) is 0 Å². The number of benzene rings is 1. The molecule has 18 heavy (non-hydrogen) atoms. The van der Waals surface area contributed by atoms with Crippen LogP contribution in [0.2, 0.25) is 0 Å². The van der Waals surface area contributed by atoms with E-state index in [0.717, 1.165) is 0 Å². The third-order valence-corrected chi connectivity index (χ3v) is 4.09. The number of ether oxygens (including phenoxy) is 1. The maximum atomic E-state index is 12.0. The molecule has 1 aromatic carbocycles. The van der Waals surface area contributed by atoms with Crippen molar-refractivity contribution in [1.29, 1.82) is 0 Å². The Balaban J connectivity index is 2.98. The third-order valence-electron chi connectivity index (χ3n) is 2.42. The van der Waals surface area contributed by atoms with E-state index in [1.54, 1.807) is 6.92 Å². The lowest BCUT2D eigenvalue weighted by Gasteiger charge is -2.14. The van der Waals surface area contributed by atoms with Gasteiger partial charge in [0, 0.05) is 18.7 Å². The maximum Gasteiger partial charge on any atom is 0.242 e. The van der Waals surface area contributed by atoms with Crippen molar-refractivity contribution in [1.82, 2.24) is 4.72 Å². The molecule has 0 aliphatic heterocycles. The zero-order valence-electron chi connectivity index (χ0n) is 10.4. The van der Waals surface area contributed by atoms with Crippen LogP contribution in [-0.2, 0) is 10.0 Å². The molecule has 0 saturated carbocycles. The van der Waals surface area contributed by atoms with Crippen LogP contribution in [0.4, 0.5) is 5.69 Å². The standard InChI is InChI=1S/C11H18N2O4S/c1-8(5-6-14)13-18(15,16)11-4-3-9(17-2)7-10(11)12/h3-4,7-8,13-14H,5-6,12H2,1-2H3. The first-order valence-corrected chi connectivity index (χ1v) is 6.95. The summed E-state index contributed by atoms with van der Waals surface area (Å²) in [5.41, 5.74) is 5.81. The quantitative estimate of drug-likeness (QED) is 0.649. The van der Waals surface area contributed by atoms with Gasteiger partial charge in [-0.1, -0.05) is 0 Å². The molecule has 1 rings (SSSR count). The molecule has 0 radical (unpaired) electrons. The van der Waals surface area contributed by atoms with Crippen LogP contribution in [0.3, 0.4) is 0 Å². The van der Waals surface area contributed by atoms with Gasteiger partial charge >= 0.3 is 0 Å². The van der Waals surface area contributed by atoms with Crippen molar-refractivity contribution in [2.45, 2.75) is 24.3 Å². The molecule has 0 bridgehead atoms. The van der Waals surface area contributed by atoms with E-state index in [4.69, 9.17) is 15.6 Å². The summed E-state index contributed by atoms with van der Waals surface area (Å²) >= 11 is 0.